The third-order valence-corrected chi connectivity index (χ3v) is 3.81. The lowest BCUT2D eigenvalue weighted by Gasteiger charge is -2.20. The molecule has 1 unspecified atom stereocenters. The van der Waals surface area contributed by atoms with Crippen LogP contribution in [0.3, 0.4) is 0 Å². The van der Waals surface area contributed by atoms with E-state index in [-0.39, 0.29) is 17.3 Å². The summed E-state index contributed by atoms with van der Waals surface area (Å²) >= 11 is 0. The van der Waals surface area contributed by atoms with Gasteiger partial charge in [-0.1, -0.05) is 0 Å². The minimum atomic E-state index is -0.850. The first kappa shape index (κ1) is 25.7. The SMILES string of the molecule is CCNC(=O)C(CCCCNC(=O)OC(C)(C)C)NC(=O)Oc1ccc([N+](=O)[O-])cc1. The van der Waals surface area contributed by atoms with E-state index < -0.39 is 28.8 Å². The molecule has 0 spiro atoms. The molecule has 0 saturated heterocycles. The summed E-state index contributed by atoms with van der Waals surface area (Å²) in [6, 6.07) is 4.18. The van der Waals surface area contributed by atoms with Crippen LogP contribution in [0, 0.1) is 10.1 Å². The van der Waals surface area contributed by atoms with Gasteiger partial charge in [-0.25, -0.2) is 9.59 Å². The zero-order chi connectivity index (χ0) is 23.4. The monoisotopic (exact) mass is 438 g/mol. The van der Waals surface area contributed by atoms with Crippen LogP contribution in [0.4, 0.5) is 15.3 Å². The number of nitro groups is 1. The number of benzene rings is 1. The van der Waals surface area contributed by atoms with Crippen molar-refractivity contribution in [3.63, 3.8) is 0 Å². The third-order valence-electron chi connectivity index (χ3n) is 3.81. The van der Waals surface area contributed by atoms with Crippen molar-refractivity contribution < 1.29 is 28.8 Å². The molecule has 0 aliphatic heterocycles. The van der Waals surface area contributed by atoms with Crippen molar-refractivity contribution in [2.75, 3.05) is 13.1 Å². The van der Waals surface area contributed by atoms with E-state index in [1.54, 1.807) is 27.7 Å². The van der Waals surface area contributed by atoms with Crippen molar-refractivity contribution in [3.8, 4) is 5.75 Å². The first-order chi connectivity index (χ1) is 14.5. The Morgan fingerprint density at radius 2 is 1.71 bits per heavy atom. The van der Waals surface area contributed by atoms with Crippen molar-refractivity contribution in [2.45, 2.75) is 58.6 Å². The van der Waals surface area contributed by atoms with E-state index >= 15 is 0 Å². The number of alkyl carbamates (subject to hydrolysis) is 1. The molecule has 1 atom stereocenters. The first-order valence-electron chi connectivity index (χ1n) is 9.99. The second-order valence-corrected chi connectivity index (χ2v) is 7.66. The molecule has 11 nitrogen and oxygen atoms in total. The molecule has 172 valence electrons. The second kappa shape index (κ2) is 12.4. The fourth-order valence-corrected chi connectivity index (χ4v) is 2.46. The van der Waals surface area contributed by atoms with Crippen molar-refractivity contribution in [3.05, 3.63) is 34.4 Å². The van der Waals surface area contributed by atoms with Gasteiger partial charge in [-0.05, 0) is 59.1 Å². The number of hydrogen-bond acceptors (Lipinski definition) is 7. The Morgan fingerprint density at radius 3 is 2.26 bits per heavy atom. The molecule has 0 radical (unpaired) electrons. The number of nitro benzene ring substituents is 1. The maximum atomic E-state index is 12.2. The van der Waals surface area contributed by atoms with Gasteiger partial charge < -0.3 is 25.4 Å². The fourth-order valence-electron chi connectivity index (χ4n) is 2.46. The summed E-state index contributed by atoms with van der Waals surface area (Å²) in [5, 5.41) is 18.4. The summed E-state index contributed by atoms with van der Waals surface area (Å²) in [6.45, 7) is 7.83. The number of ether oxygens (including phenoxy) is 2. The van der Waals surface area contributed by atoms with Crippen LogP contribution in [0.15, 0.2) is 24.3 Å². The molecule has 1 aromatic rings. The van der Waals surface area contributed by atoms with E-state index in [1.807, 2.05) is 0 Å². The Bertz CT molecular complexity index is 760. The van der Waals surface area contributed by atoms with Crippen molar-refractivity contribution >= 4 is 23.8 Å². The van der Waals surface area contributed by atoms with Gasteiger partial charge >= 0.3 is 12.2 Å². The van der Waals surface area contributed by atoms with Crippen molar-refractivity contribution in [1.82, 2.24) is 16.0 Å². The van der Waals surface area contributed by atoms with Crippen LogP contribution >= 0.6 is 0 Å². The molecule has 0 aliphatic carbocycles. The van der Waals surface area contributed by atoms with Crippen LogP contribution in [-0.2, 0) is 9.53 Å². The van der Waals surface area contributed by atoms with Crippen molar-refractivity contribution in [2.24, 2.45) is 0 Å². The molecule has 3 amide bonds. The molecular formula is C20H30N4O7. The number of hydrogen-bond donors (Lipinski definition) is 3. The zero-order valence-electron chi connectivity index (χ0n) is 18.2. The van der Waals surface area contributed by atoms with Gasteiger partial charge in [-0.15, -0.1) is 0 Å². The van der Waals surface area contributed by atoms with Crippen LogP contribution in [0.25, 0.3) is 0 Å². The smallest absolute Gasteiger partial charge is 0.413 e. The average molecular weight is 438 g/mol. The molecular weight excluding hydrogens is 408 g/mol. The summed E-state index contributed by atoms with van der Waals surface area (Å²) in [6.07, 6.45) is 0.0930. The average Bonchev–Trinajstić information content (AvgIpc) is 2.66. The van der Waals surface area contributed by atoms with Crippen LogP contribution in [-0.4, -0.2) is 47.7 Å². The van der Waals surface area contributed by atoms with Gasteiger partial charge in [0.05, 0.1) is 4.92 Å². The minimum Gasteiger partial charge on any atom is -0.444 e. The highest BCUT2D eigenvalue weighted by Gasteiger charge is 2.21. The number of carbonyl (C=O) groups is 3. The Morgan fingerprint density at radius 1 is 1.06 bits per heavy atom. The summed E-state index contributed by atoms with van der Waals surface area (Å²) < 4.78 is 10.2. The molecule has 3 N–H and O–H groups in total. The van der Waals surface area contributed by atoms with E-state index in [2.05, 4.69) is 16.0 Å². The highest BCUT2D eigenvalue weighted by atomic mass is 16.6. The number of unbranched alkanes of at least 4 members (excludes halogenated alkanes) is 1. The zero-order valence-corrected chi connectivity index (χ0v) is 18.2. The lowest BCUT2D eigenvalue weighted by atomic mass is 10.1. The van der Waals surface area contributed by atoms with Crippen LogP contribution < -0.4 is 20.7 Å². The standard InChI is InChI=1S/C20H30N4O7/c1-5-21-17(25)16(8-6-7-13-22-18(26)31-20(2,3)4)23-19(27)30-15-11-9-14(10-12-15)24(28)29/h9-12,16H,5-8,13H2,1-4H3,(H,21,25)(H,22,26)(H,23,27). The molecule has 0 bridgehead atoms. The summed E-state index contributed by atoms with van der Waals surface area (Å²) in [7, 11) is 0. The highest BCUT2D eigenvalue weighted by Crippen LogP contribution is 2.17. The van der Waals surface area contributed by atoms with Gasteiger partial charge in [-0.2, -0.15) is 0 Å². The molecule has 0 saturated carbocycles. The maximum Gasteiger partial charge on any atom is 0.413 e. The van der Waals surface area contributed by atoms with Gasteiger partial charge in [0, 0.05) is 25.2 Å². The predicted molar refractivity (Wildman–Crippen MR) is 113 cm³/mol. The van der Waals surface area contributed by atoms with E-state index in [0.717, 1.165) is 0 Å². The maximum absolute atomic E-state index is 12.2. The Hall–Kier alpha value is -3.37. The lowest BCUT2D eigenvalue weighted by molar-refractivity contribution is -0.384. The minimum absolute atomic E-state index is 0.110. The van der Waals surface area contributed by atoms with Gasteiger partial charge in [0.2, 0.25) is 5.91 Å². The fraction of sp³-hybridized carbons (Fsp3) is 0.550. The van der Waals surface area contributed by atoms with Gasteiger partial charge in [0.1, 0.15) is 17.4 Å². The molecule has 11 heteroatoms. The quantitative estimate of drug-likeness (QED) is 0.289. The van der Waals surface area contributed by atoms with Gasteiger partial charge in [-0.3, -0.25) is 14.9 Å². The van der Waals surface area contributed by atoms with E-state index in [9.17, 15) is 24.5 Å². The highest BCUT2D eigenvalue weighted by molar-refractivity contribution is 5.86. The normalized spacial score (nSPS) is 11.7. The predicted octanol–water partition coefficient (Wildman–Crippen LogP) is 2.88. The Labute approximate surface area is 181 Å². The second-order valence-electron chi connectivity index (χ2n) is 7.66. The molecule has 0 heterocycles. The number of non-ortho nitro benzene ring substituents is 1. The van der Waals surface area contributed by atoms with E-state index in [1.165, 1.54) is 24.3 Å². The molecule has 1 aromatic carbocycles. The summed E-state index contributed by atoms with van der Waals surface area (Å²) in [5.74, 6) is -0.248. The van der Waals surface area contributed by atoms with Crippen LogP contribution in [0.2, 0.25) is 0 Å². The number of nitrogens with zero attached hydrogens (tertiary/aromatic N) is 1. The Balaban J connectivity index is 2.51. The van der Waals surface area contributed by atoms with E-state index in [4.69, 9.17) is 9.47 Å². The number of amides is 3. The molecule has 31 heavy (non-hydrogen) atoms. The lowest BCUT2D eigenvalue weighted by Crippen LogP contribution is -2.47. The number of carbonyl (C=O) groups excluding carboxylic acids is 3. The number of nitrogens with one attached hydrogen (secondary N) is 3. The number of likely N-dealkylation sites (N-methyl/N-ethyl adjacent to an activating group) is 1. The first-order valence-corrected chi connectivity index (χ1v) is 9.99. The topological polar surface area (TPSA) is 149 Å². The van der Waals surface area contributed by atoms with Gasteiger partial charge in [0.15, 0.2) is 0 Å². The van der Waals surface area contributed by atoms with Crippen LogP contribution in [0.5, 0.6) is 5.75 Å². The van der Waals surface area contributed by atoms with Crippen molar-refractivity contribution in [1.29, 1.82) is 0 Å². The van der Waals surface area contributed by atoms with Gasteiger partial charge in [0.25, 0.3) is 5.69 Å². The summed E-state index contributed by atoms with van der Waals surface area (Å²) in [4.78, 5) is 46.1. The molecule has 0 aromatic heterocycles. The Kier molecular flexibility index (Phi) is 10.2. The van der Waals surface area contributed by atoms with E-state index in [0.29, 0.717) is 32.4 Å². The third kappa shape index (κ3) is 10.8. The molecule has 1 rings (SSSR count). The largest absolute Gasteiger partial charge is 0.444 e. The molecule has 0 fully saturated rings. The van der Waals surface area contributed by atoms with Crippen LogP contribution in [0.1, 0.15) is 47.0 Å². The summed E-state index contributed by atoms with van der Waals surface area (Å²) in [5.41, 5.74) is -0.713. The number of rotatable bonds is 10. The molecule has 0 aliphatic rings.